The molecule has 0 aliphatic carbocycles. The Morgan fingerprint density at radius 3 is 2.33 bits per heavy atom. The van der Waals surface area contributed by atoms with Gasteiger partial charge in [-0.15, -0.1) is 0 Å². The number of hydrogen-bond donors (Lipinski definition) is 1. The van der Waals surface area contributed by atoms with Gasteiger partial charge in [0.15, 0.2) is 5.60 Å². The van der Waals surface area contributed by atoms with Gasteiger partial charge in [0.1, 0.15) is 0 Å². The molecule has 0 amide bonds. The quantitative estimate of drug-likeness (QED) is 0.887. The zero-order valence-corrected chi connectivity index (χ0v) is 9.65. The Morgan fingerprint density at radius 2 is 1.94 bits per heavy atom. The Morgan fingerprint density at radius 1 is 1.39 bits per heavy atom. The summed E-state index contributed by atoms with van der Waals surface area (Å²) in [6, 6.07) is 6.96. The standard InChI is InChI=1S/C12H13F3O3/c1-2-9(10(16)18-15)12(17,11(13)14)8-6-4-3-5-7-8/h3-7,9,11,17H,2H2,1H3. The van der Waals surface area contributed by atoms with E-state index in [0.717, 1.165) is 0 Å². The van der Waals surface area contributed by atoms with Crippen molar-refractivity contribution in [2.24, 2.45) is 5.92 Å². The van der Waals surface area contributed by atoms with E-state index >= 15 is 0 Å². The molecule has 1 aromatic rings. The van der Waals surface area contributed by atoms with Crippen molar-refractivity contribution >= 4 is 5.97 Å². The van der Waals surface area contributed by atoms with E-state index in [2.05, 4.69) is 4.94 Å². The van der Waals surface area contributed by atoms with E-state index < -0.39 is 23.9 Å². The molecule has 0 aliphatic rings. The molecule has 100 valence electrons. The van der Waals surface area contributed by atoms with Crippen LogP contribution in [0.1, 0.15) is 18.9 Å². The van der Waals surface area contributed by atoms with E-state index in [4.69, 9.17) is 0 Å². The van der Waals surface area contributed by atoms with Gasteiger partial charge in [0.05, 0.1) is 5.92 Å². The van der Waals surface area contributed by atoms with Gasteiger partial charge in [0.2, 0.25) is 0 Å². The summed E-state index contributed by atoms with van der Waals surface area (Å²) in [5.74, 6) is -3.19. The summed E-state index contributed by atoms with van der Waals surface area (Å²) < 4.78 is 38.2. The van der Waals surface area contributed by atoms with E-state index in [9.17, 15) is 23.2 Å². The number of halogens is 3. The highest BCUT2D eigenvalue weighted by Crippen LogP contribution is 2.38. The van der Waals surface area contributed by atoms with Crippen LogP contribution in [0.3, 0.4) is 0 Å². The predicted octanol–water partition coefficient (Wildman–Crippen LogP) is 2.59. The molecule has 0 radical (unpaired) electrons. The minimum absolute atomic E-state index is 0.155. The molecule has 0 fully saturated rings. The number of rotatable bonds is 5. The Labute approximate surface area is 102 Å². The fourth-order valence-corrected chi connectivity index (χ4v) is 1.90. The van der Waals surface area contributed by atoms with Crippen molar-refractivity contribution in [2.45, 2.75) is 25.4 Å². The van der Waals surface area contributed by atoms with Gasteiger partial charge < -0.3 is 5.11 Å². The Bertz CT molecular complexity index is 397. The molecule has 1 rings (SSSR count). The summed E-state index contributed by atoms with van der Waals surface area (Å²) in [5, 5.41) is 10.1. The Kier molecular flexibility index (Phi) is 4.72. The van der Waals surface area contributed by atoms with Crippen LogP contribution in [0, 0.1) is 5.92 Å². The van der Waals surface area contributed by atoms with Crippen molar-refractivity contribution in [2.75, 3.05) is 0 Å². The largest absolute Gasteiger partial charge is 0.378 e. The first-order valence-electron chi connectivity index (χ1n) is 5.36. The van der Waals surface area contributed by atoms with Crippen LogP contribution >= 0.6 is 0 Å². The molecule has 1 N–H and O–H groups in total. The van der Waals surface area contributed by atoms with Crippen LogP contribution in [0.25, 0.3) is 0 Å². The van der Waals surface area contributed by atoms with E-state index in [-0.39, 0.29) is 12.0 Å². The summed E-state index contributed by atoms with van der Waals surface area (Å²) in [4.78, 5) is 14.2. The molecule has 0 spiro atoms. The molecule has 6 heteroatoms. The van der Waals surface area contributed by atoms with Gasteiger partial charge in [-0.1, -0.05) is 37.3 Å². The summed E-state index contributed by atoms with van der Waals surface area (Å²) in [5.41, 5.74) is -2.92. The minimum Gasteiger partial charge on any atom is -0.378 e. The third-order valence-electron chi connectivity index (χ3n) is 2.87. The topological polar surface area (TPSA) is 46.5 Å². The van der Waals surface area contributed by atoms with Crippen LogP contribution in [0.5, 0.6) is 0 Å². The zero-order chi connectivity index (χ0) is 13.8. The van der Waals surface area contributed by atoms with E-state index in [0.29, 0.717) is 0 Å². The molecule has 2 unspecified atom stereocenters. The maximum Gasteiger partial charge on any atom is 0.355 e. The minimum atomic E-state index is -3.25. The highest BCUT2D eigenvalue weighted by atomic mass is 19.3. The zero-order valence-electron chi connectivity index (χ0n) is 9.65. The fourth-order valence-electron chi connectivity index (χ4n) is 1.90. The highest BCUT2D eigenvalue weighted by Gasteiger charge is 2.50. The summed E-state index contributed by atoms with van der Waals surface area (Å²) in [6.45, 7) is 1.39. The van der Waals surface area contributed by atoms with Crippen molar-refractivity contribution < 1.29 is 28.1 Å². The third kappa shape index (κ3) is 2.48. The smallest absolute Gasteiger partial charge is 0.355 e. The van der Waals surface area contributed by atoms with Gasteiger partial charge in [-0.3, -0.25) is 4.94 Å². The van der Waals surface area contributed by atoms with E-state index in [1.165, 1.54) is 31.2 Å². The molecule has 0 aliphatic heterocycles. The van der Waals surface area contributed by atoms with Crippen LogP contribution in [0.2, 0.25) is 0 Å². The molecule has 3 nitrogen and oxygen atoms in total. The lowest BCUT2D eigenvalue weighted by atomic mass is 9.80. The highest BCUT2D eigenvalue weighted by molar-refractivity contribution is 5.73. The molecule has 0 saturated heterocycles. The molecule has 0 heterocycles. The number of carbonyl (C=O) groups excluding carboxylic acids is 1. The summed E-state index contributed by atoms with van der Waals surface area (Å²) >= 11 is 0. The predicted molar refractivity (Wildman–Crippen MR) is 57.3 cm³/mol. The van der Waals surface area contributed by atoms with Gasteiger partial charge in [0, 0.05) is 4.53 Å². The molecular formula is C12H13F3O3. The van der Waals surface area contributed by atoms with Gasteiger partial charge in [-0.05, 0) is 12.0 Å². The lowest BCUT2D eigenvalue weighted by Crippen LogP contribution is -2.45. The summed E-state index contributed by atoms with van der Waals surface area (Å²) in [7, 11) is 0. The van der Waals surface area contributed by atoms with Crippen molar-refractivity contribution in [3.63, 3.8) is 0 Å². The van der Waals surface area contributed by atoms with Crippen LogP contribution in [-0.2, 0) is 15.3 Å². The number of hydrogen-bond acceptors (Lipinski definition) is 3. The Balaban J connectivity index is 3.26. The summed E-state index contributed by atoms with van der Waals surface area (Å²) in [6.07, 6.45) is -3.43. The first-order chi connectivity index (χ1) is 8.48. The second-order valence-electron chi connectivity index (χ2n) is 3.85. The molecule has 18 heavy (non-hydrogen) atoms. The van der Waals surface area contributed by atoms with Gasteiger partial charge >= 0.3 is 5.97 Å². The normalized spacial score (nSPS) is 16.1. The second-order valence-corrected chi connectivity index (χ2v) is 3.85. The van der Waals surface area contributed by atoms with Crippen molar-refractivity contribution in [3.8, 4) is 0 Å². The number of aliphatic hydroxyl groups is 1. The molecular weight excluding hydrogens is 249 g/mol. The molecule has 0 aromatic heterocycles. The molecule has 2 atom stereocenters. The monoisotopic (exact) mass is 262 g/mol. The van der Waals surface area contributed by atoms with Crippen LogP contribution < -0.4 is 0 Å². The van der Waals surface area contributed by atoms with E-state index in [1.807, 2.05) is 0 Å². The molecule has 0 saturated carbocycles. The average molecular weight is 262 g/mol. The van der Waals surface area contributed by atoms with Crippen LogP contribution in [0.15, 0.2) is 30.3 Å². The van der Waals surface area contributed by atoms with Crippen LogP contribution in [-0.4, -0.2) is 17.5 Å². The fraction of sp³-hybridized carbons (Fsp3) is 0.417. The average Bonchev–Trinajstić information content (AvgIpc) is 2.39. The lowest BCUT2D eigenvalue weighted by molar-refractivity contribution is -0.211. The second kappa shape index (κ2) is 5.86. The third-order valence-corrected chi connectivity index (χ3v) is 2.87. The maximum atomic E-state index is 13.1. The van der Waals surface area contributed by atoms with E-state index in [1.54, 1.807) is 6.07 Å². The Hall–Kier alpha value is -1.56. The number of benzene rings is 1. The van der Waals surface area contributed by atoms with Crippen LogP contribution in [0.4, 0.5) is 13.3 Å². The SMILES string of the molecule is CCC(C(=O)OF)C(O)(c1ccccc1)C(F)F. The number of carbonyl (C=O) groups is 1. The lowest BCUT2D eigenvalue weighted by Gasteiger charge is -2.32. The van der Waals surface area contributed by atoms with Gasteiger partial charge in [-0.25, -0.2) is 13.6 Å². The molecule has 0 bridgehead atoms. The van der Waals surface area contributed by atoms with Crippen molar-refractivity contribution in [1.29, 1.82) is 0 Å². The van der Waals surface area contributed by atoms with Gasteiger partial charge in [0.25, 0.3) is 6.43 Å². The first kappa shape index (κ1) is 14.5. The van der Waals surface area contributed by atoms with Gasteiger partial charge in [-0.2, -0.15) is 0 Å². The van der Waals surface area contributed by atoms with Crippen molar-refractivity contribution in [1.82, 2.24) is 0 Å². The molecule has 1 aromatic carbocycles. The first-order valence-corrected chi connectivity index (χ1v) is 5.36. The number of alkyl halides is 2. The van der Waals surface area contributed by atoms with Crippen molar-refractivity contribution in [3.05, 3.63) is 35.9 Å². The maximum absolute atomic E-state index is 13.1.